The van der Waals surface area contributed by atoms with Gasteiger partial charge in [0.2, 0.25) is 0 Å². The molecular formula is C24H26N4O5S. The lowest BCUT2D eigenvalue weighted by atomic mass is 10.1. The largest absolute Gasteiger partial charge is 0.376 e. The second-order valence-corrected chi connectivity index (χ2v) is 9.09. The van der Waals surface area contributed by atoms with Gasteiger partial charge in [-0.15, -0.1) is 0 Å². The lowest BCUT2D eigenvalue weighted by Gasteiger charge is -2.17. The van der Waals surface area contributed by atoms with E-state index in [1.807, 2.05) is 6.92 Å². The fraction of sp³-hybridized carbons (Fsp3) is 0.375. The van der Waals surface area contributed by atoms with Gasteiger partial charge in [0, 0.05) is 36.6 Å². The first kappa shape index (κ1) is 23.9. The third-order valence-corrected chi connectivity index (χ3v) is 6.67. The third-order valence-electron chi connectivity index (χ3n) is 5.62. The highest BCUT2D eigenvalue weighted by molar-refractivity contribution is 7.98. The van der Waals surface area contributed by atoms with E-state index < -0.39 is 4.92 Å². The van der Waals surface area contributed by atoms with Gasteiger partial charge in [-0.25, -0.2) is 4.98 Å². The first-order valence-corrected chi connectivity index (χ1v) is 12.3. The van der Waals surface area contributed by atoms with Crippen LogP contribution in [0.2, 0.25) is 0 Å². The maximum Gasteiger partial charge on any atom is 0.269 e. The van der Waals surface area contributed by atoms with E-state index in [1.54, 1.807) is 34.9 Å². The van der Waals surface area contributed by atoms with Gasteiger partial charge in [0.25, 0.3) is 17.2 Å². The molecule has 1 atom stereocenters. The lowest BCUT2D eigenvalue weighted by Crippen LogP contribution is -2.29. The first-order valence-electron chi connectivity index (χ1n) is 11.3. The molecule has 2 heterocycles. The Labute approximate surface area is 200 Å². The van der Waals surface area contributed by atoms with Crippen molar-refractivity contribution in [1.82, 2.24) is 14.9 Å². The van der Waals surface area contributed by atoms with Gasteiger partial charge in [0.05, 0.1) is 28.5 Å². The standard InChI is InChI=1S/C24H26N4O5S/c1-2-10-25-22(29)17-8-9-20-21(13-17)26-24(27(23(20)30)14-19-7-4-11-33-19)34-15-16-5-3-6-18(12-16)28(31)32/h3,5-6,8-9,12-13,19H,2,4,7,10-11,14-15H2,1H3,(H,25,29)/t19-/m1/s1. The molecule has 1 N–H and O–H groups in total. The topological polar surface area (TPSA) is 116 Å². The Hall–Kier alpha value is -3.24. The number of nitro benzene ring substituents is 1. The number of fused-ring (bicyclic) bond motifs is 1. The molecule has 1 saturated heterocycles. The summed E-state index contributed by atoms with van der Waals surface area (Å²) in [5, 5.41) is 14.9. The number of hydrogen-bond donors (Lipinski definition) is 1. The zero-order chi connectivity index (χ0) is 24.1. The zero-order valence-corrected chi connectivity index (χ0v) is 19.7. The zero-order valence-electron chi connectivity index (χ0n) is 18.9. The fourth-order valence-corrected chi connectivity index (χ4v) is 4.80. The number of rotatable bonds is 9. The Morgan fingerprint density at radius 2 is 2.18 bits per heavy atom. The van der Waals surface area contributed by atoms with Crippen LogP contribution in [0.1, 0.15) is 42.1 Å². The highest BCUT2D eigenvalue weighted by atomic mass is 32.2. The van der Waals surface area contributed by atoms with Crippen LogP contribution in [0.25, 0.3) is 10.9 Å². The van der Waals surface area contributed by atoms with E-state index in [0.29, 0.717) is 47.1 Å². The SMILES string of the molecule is CCCNC(=O)c1ccc2c(=O)n(C[C@H]3CCCO3)c(SCc3cccc([N+](=O)[O-])c3)nc2c1. The van der Waals surface area contributed by atoms with Gasteiger partial charge < -0.3 is 10.1 Å². The van der Waals surface area contributed by atoms with Gasteiger partial charge in [-0.1, -0.05) is 30.8 Å². The van der Waals surface area contributed by atoms with Crippen molar-refractivity contribution in [3.8, 4) is 0 Å². The molecule has 4 rings (SSSR count). The maximum absolute atomic E-state index is 13.4. The van der Waals surface area contributed by atoms with Crippen LogP contribution in [0.3, 0.4) is 0 Å². The highest BCUT2D eigenvalue weighted by Crippen LogP contribution is 2.26. The molecule has 1 aliphatic rings. The number of nitro groups is 1. The van der Waals surface area contributed by atoms with Crippen LogP contribution in [0.4, 0.5) is 5.69 Å². The molecule has 0 bridgehead atoms. The molecule has 178 valence electrons. The Bertz CT molecular complexity index is 1270. The minimum absolute atomic E-state index is 0.0176. The summed E-state index contributed by atoms with van der Waals surface area (Å²) in [6.07, 6.45) is 2.58. The maximum atomic E-state index is 13.4. The summed E-state index contributed by atoms with van der Waals surface area (Å²) in [6, 6.07) is 11.3. The third kappa shape index (κ3) is 5.45. The van der Waals surface area contributed by atoms with E-state index in [-0.39, 0.29) is 23.3 Å². The summed E-state index contributed by atoms with van der Waals surface area (Å²) in [7, 11) is 0. The van der Waals surface area contributed by atoms with Crippen molar-refractivity contribution in [2.24, 2.45) is 0 Å². The highest BCUT2D eigenvalue weighted by Gasteiger charge is 2.21. The van der Waals surface area contributed by atoms with Crippen LogP contribution in [-0.4, -0.2) is 39.6 Å². The molecule has 0 saturated carbocycles. The summed E-state index contributed by atoms with van der Waals surface area (Å²) in [5.74, 6) is 0.196. The number of hydrogen-bond acceptors (Lipinski definition) is 7. The molecule has 1 amide bonds. The number of aromatic nitrogens is 2. The first-order chi connectivity index (χ1) is 16.5. The van der Waals surface area contributed by atoms with Crippen molar-refractivity contribution in [3.05, 3.63) is 74.1 Å². The quantitative estimate of drug-likeness (QED) is 0.213. The minimum atomic E-state index is -0.430. The van der Waals surface area contributed by atoms with Crippen molar-refractivity contribution >= 4 is 34.3 Å². The molecule has 9 nitrogen and oxygen atoms in total. The van der Waals surface area contributed by atoms with Crippen LogP contribution in [0.5, 0.6) is 0 Å². The number of carbonyl (C=O) groups is 1. The molecule has 1 aromatic heterocycles. The monoisotopic (exact) mass is 482 g/mol. The normalized spacial score (nSPS) is 15.5. The summed E-state index contributed by atoms with van der Waals surface area (Å²) in [6.45, 7) is 3.60. The predicted octanol–water partition coefficient (Wildman–Crippen LogP) is 3.92. The summed E-state index contributed by atoms with van der Waals surface area (Å²) < 4.78 is 7.37. The molecular weight excluding hydrogens is 456 g/mol. The molecule has 1 fully saturated rings. The number of benzene rings is 2. The molecule has 0 aliphatic carbocycles. The molecule has 0 spiro atoms. The van der Waals surface area contributed by atoms with Crippen LogP contribution >= 0.6 is 11.8 Å². The minimum Gasteiger partial charge on any atom is -0.376 e. The second-order valence-electron chi connectivity index (χ2n) is 8.15. The second kappa shape index (κ2) is 10.8. The molecule has 0 unspecified atom stereocenters. The van der Waals surface area contributed by atoms with E-state index in [1.165, 1.54) is 23.9 Å². The van der Waals surface area contributed by atoms with Gasteiger partial charge in [-0.3, -0.25) is 24.3 Å². The number of nitrogens with one attached hydrogen (secondary N) is 1. The number of thioether (sulfide) groups is 1. The van der Waals surface area contributed by atoms with E-state index in [0.717, 1.165) is 24.8 Å². The molecule has 3 aromatic rings. The smallest absolute Gasteiger partial charge is 0.269 e. The predicted molar refractivity (Wildman–Crippen MR) is 130 cm³/mol. The molecule has 34 heavy (non-hydrogen) atoms. The van der Waals surface area contributed by atoms with Crippen molar-refractivity contribution in [2.75, 3.05) is 13.2 Å². The van der Waals surface area contributed by atoms with E-state index in [2.05, 4.69) is 5.32 Å². The van der Waals surface area contributed by atoms with Gasteiger partial charge in [-0.05, 0) is 43.0 Å². The number of nitrogens with zero attached hydrogens (tertiary/aromatic N) is 3. The number of amides is 1. The van der Waals surface area contributed by atoms with Crippen molar-refractivity contribution in [2.45, 2.75) is 49.7 Å². The molecule has 10 heteroatoms. The number of carbonyl (C=O) groups excluding carboxylic acids is 1. The Balaban J connectivity index is 1.69. The average Bonchev–Trinajstić information content (AvgIpc) is 3.36. The summed E-state index contributed by atoms with van der Waals surface area (Å²) in [4.78, 5) is 41.2. The molecule has 1 aliphatic heterocycles. The summed E-state index contributed by atoms with van der Waals surface area (Å²) in [5.41, 5.74) is 1.47. The van der Waals surface area contributed by atoms with Gasteiger partial charge >= 0.3 is 0 Å². The van der Waals surface area contributed by atoms with Crippen LogP contribution in [0, 0.1) is 10.1 Å². The number of non-ortho nitro benzene ring substituents is 1. The van der Waals surface area contributed by atoms with Crippen LogP contribution in [-0.2, 0) is 17.0 Å². The van der Waals surface area contributed by atoms with E-state index >= 15 is 0 Å². The van der Waals surface area contributed by atoms with Gasteiger partial charge in [-0.2, -0.15) is 0 Å². The fourth-order valence-electron chi connectivity index (χ4n) is 3.85. The van der Waals surface area contributed by atoms with E-state index in [4.69, 9.17) is 9.72 Å². The van der Waals surface area contributed by atoms with Gasteiger partial charge in [0.1, 0.15) is 0 Å². The lowest BCUT2D eigenvalue weighted by molar-refractivity contribution is -0.384. The molecule has 2 aromatic carbocycles. The number of ether oxygens (including phenoxy) is 1. The Morgan fingerprint density at radius 3 is 2.91 bits per heavy atom. The molecule has 0 radical (unpaired) electrons. The summed E-state index contributed by atoms with van der Waals surface area (Å²) >= 11 is 1.33. The van der Waals surface area contributed by atoms with Crippen LogP contribution in [0.15, 0.2) is 52.4 Å². The van der Waals surface area contributed by atoms with Crippen molar-refractivity contribution in [1.29, 1.82) is 0 Å². The average molecular weight is 483 g/mol. The van der Waals surface area contributed by atoms with E-state index in [9.17, 15) is 19.7 Å². The Kier molecular flexibility index (Phi) is 7.59. The van der Waals surface area contributed by atoms with Crippen molar-refractivity contribution in [3.63, 3.8) is 0 Å². The van der Waals surface area contributed by atoms with Gasteiger partial charge in [0.15, 0.2) is 5.16 Å². The van der Waals surface area contributed by atoms with Crippen molar-refractivity contribution < 1.29 is 14.5 Å². The van der Waals surface area contributed by atoms with Crippen LogP contribution < -0.4 is 10.9 Å². The Morgan fingerprint density at radius 1 is 1.32 bits per heavy atom.